The molecule has 0 aliphatic heterocycles. The predicted octanol–water partition coefficient (Wildman–Crippen LogP) is 3.62. The van der Waals surface area contributed by atoms with Crippen molar-refractivity contribution in [3.05, 3.63) is 23.9 Å². The number of fused-ring (bicyclic) bond motifs is 3. The minimum Gasteiger partial charge on any atom is -0.481 e. The van der Waals surface area contributed by atoms with Gasteiger partial charge >= 0.3 is 0 Å². The molecular formula is C15H13N5O2S3. The fourth-order valence-corrected chi connectivity index (χ4v) is 5.14. The lowest BCUT2D eigenvalue weighted by Gasteiger charge is -2.03. The monoisotopic (exact) mass is 391 g/mol. The molecule has 4 aromatic rings. The number of anilines is 1. The fraction of sp³-hybridized carbons (Fsp3) is 0.200. The molecule has 25 heavy (non-hydrogen) atoms. The number of rotatable bonds is 4. The number of carbonyl (C=O) groups is 1. The van der Waals surface area contributed by atoms with Crippen LogP contribution in [-0.2, 0) is 7.05 Å². The molecule has 0 unspecified atom stereocenters. The summed E-state index contributed by atoms with van der Waals surface area (Å²) in [6, 6.07) is 3.89. The van der Waals surface area contributed by atoms with Crippen molar-refractivity contribution < 1.29 is 9.53 Å². The summed E-state index contributed by atoms with van der Waals surface area (Å²) in [6.45, 7) is 0. The van der Waals surface area contributed by atoms with Crippen LogP contribution in [0.25, 0.3) is 20.4 Å². The molecule has 128 valence electrons. The molecule has 0 saturated carbocycles. The van der Waals surface area contributed by atoms with E-state index in [0.717, 1.165) is 24.8 Å². The second-order valence-corrected chi connectivity index (χ2v) is 8.16. The molecule has 3 aromatic heterocycles. The number of hydrogen-bond donors (Lipinski definition) is 1. The van der Waals surface area contributed by atoms with Crippen molar-refractivity contribution >= 4 is 65.9 Å². The van der Waals surface area contributed by atoms with Gasteiger partial charge < -0.3 is 4.74 Å². The van der Waals surface area contributed by atoms with Gasteiger partial charge in [-0.05, 0) is 18.4 Å². The minimum absolute atomic E-state index is 0.297. The molecule has 0 atom stereocenters. The van der Waals surface area contributed by atoms with Gasteiger partial charge in [-0.15, -0.1) is 11.3 Å². The third-order valence-electron chi connectivity index (χ3n) is 3.61. The first-order valence-corrected chi connectivity index (χ1v) is 10.1. The van der Waals surface area contributed by atoms with Crippen LogP contribution in [0.2, 0.25) is 0 Å². The van der Waals surface area contributed by atoms with Crippen molar-refractivity contribution in [3.8, 4) is 5.88 Å². The number of aromatic nitrogens is 4. The lowest BCUT2D eigenvalue weighted by Crippen LogP contribution is -2.12. The summed E-state index contributed by atoms with van der Waals surface area (Å²) in [5, 5.41) is 7.43. The molecule has 1 N–H and O–H groups in total. The standard InChI is InChI=1S/C15H13N5O2S3/c1-20-13(22-2)7(6-16-20)12(21)19-14-17-8-4-5-9-11(10(8)24-14)25-15(18-9)23-3/h4-6H,1-3H3,(H,17,19,21). The maximum atomic E-state index is 12.5. The van der Waals surface area contributed by atoms with Gasteiger partial charge in [-0.2, -0.15) is 5.10 Å². The van der Waals surface area contributed by atoms with Crippen LogP contribution in [0.4, 0.5) is 5.13 Å². The van der Waals surface area contributed by atoms with Gasteiger partial charge in [-0.1, -0.05) is 23.1 Å². The van der Waals surface area contributed by atoms with E-state index in [1.165, 1.54) is 29.3 Å². The van der Waals surface area contributed by atoms with E-state index in [0.29, 0.717) is 16.6 Å². The Morgan fingerprint density at radius 2 is 1.96 bits per heavy atom. The zero-order chi connectivity index (χ0) is 17.6. The molecule has 7 nitrogen and oxygen atoms in total. The molecular weight excluding hydrogens is 378 g/mol. The lowest BCUT2D eigenvalue weighted by molar-refractivity contribution is 0.102. The van der Waals surface area contributed by atoms with Gasteiger partial charge in [0, 0.05) is 7.05 Å². The summed E-state index contributed by atoms with van der Waals surface area (Å²) in [7, 11) is 3.23. The first-order valence-electron chi connectivity index (χ1n) is 7.22. The number of nitrogens with one attached hydrogen (secondary N) is 1. The molecule has 0 saturated heterocycles. The van der Waals surface area contributed by atoms with Crippen molar-refractivity contribution in [2.45, 2.75) is 4.34 Å². The molecule has 10 heteroatoms. The molecule has 0 aliphatic rings. The molecule has 0 radical (unpaired) electrons. The Morgan fingerprint density at radius 1 is 1.24 bits per heavy atom. The van der Waals surface area contributed by atoms with Gasteiger partial charge in [0.2, 0.25) is 5.88 Å². The molecule has 1 aromatic carbocycles. The summed E-state index contributed by atoms with van der Waals surface area (Å²) in [6.07, 6.45) is 3.49. The predicted molar refractivity (Wildman–Crippen MR) is 102 cm³/mol. The first kappa shape index (κ1) is 16.3. The Kier molecular flexibility index (Phi) is 4.10. The van der Waals surface area contributed by atoms with Crippen LogP contribution >= 0.6 is 34.4 Å². The highest BCUT2D eigenvalue weighted by molar-refractivity contribution is 8.00. The topological polar surface area (TPSA) is 81.9 Å². The molecule has 1 amide bonds. The van der Waals surface area contributed by atoms with Crippen molar-refractivity contribution in [1.82, 2.24) is 19.7 Å². The second-order valence-electron chi connectivity index (χ2n) is 5.11. The molecule has 0 spiro atoms. The van der Waals surface area contributed by atoms with Crippen molar-refractivity contribution in [2.75, 3.05) is 18.7 Å². The molecule has 4 rings (SSSR count). The Labute approximate surface area is 155 Å². The lowest BCUT2D eigenvalue weighted by atomic mass is 10.3. The zero-order valence-electron chi connectivity index (χ0n) is 13.6. The number of thioether (sulfide) groups is 1. The average Bonchev–Trinajstić information content (AvgIpc) is 3.28. The maximum absolute atomic E-state index is 12.5. The van der Waals surface area contributed by atoms with E-state index in [9.17, 15) is 4.79 Å². The normalized spacial score (nSPS) is 11.3. The Hall–Kier alpha value is -2.17. The third-order valence-corrected chi connectivity index (χ3v) is 6.82. The van der Waals surface area contributed by atoms with E-state index in [4.69, 9.17) is 4.74 Å². The highest BCUT2D eigenvalue weighted by Gasteiger charge is 2.19. The second kappa shape index (κ2) is 6.28. The zero-order valence-corrected chi connectivity index (χ0v) is 16.0. The van der Waals surface area contributed by atoms with Crippen LogP contribution in [0.5, 0.6) is 5.88 Å². The van der Waals surface area contributed by atoms with Gasteiger partial charge in [0.25, 0.3) is 5.91 Å². The van der Waals surface area contributed by atoms with Gasteiger partial charge in [0.1, 0.15) is 5.56 Å². The average molecular weight is 392 g/mol. The highest BCUT2D eigenvalue weighted by Crippen LogP contribution is 2.38. The molecule has 0 bridgehead atoms. The number of thiazole rings is 2. The summed E-state index contributed by atoms with van der Waals surface area (Å²) in [5.41, 5.74) is 2.18. The van der Waals surface area contributed by atoms with Gasteiger partial charge in [-0.3, -0.25) is 10.1 Å². The van der Waals surface area contributed by atoms with Crippen molar-refractivity contribution in [2.24, 2.45) is 7.05 Å². The van der Waals surface area contributed by atoms with Crippen LogP contribution < -0.4 is 10.1 Å². The van der Waals surface area contributed by atoms with Crippen LogP contribution in [0.3, 0.4) is 0 Å². The highest BCUT2D eigenvalue weighted by atomic mass is 32.2. The van der Waals surface area contributed by atoms with Crippen LogP contribution in [-0.4, -0.2) is 39.0 Å². The molecule has 0 fully saturated rings. The van der Waals surface area contributed by atoms with Gasteiger partial charge in [0.05, 0.1) is 33.7 Å². The summed E-state index contributed by atoms with van der Waals surface area (Å²) in [4.78, 5) is 21.6. The van der Waals surface area contributed by atoms with Gasteiger partial charge in [-0.25, -0.2) is 14.6 Å². The number of aryl methyl sites for hydroxylation is 1. The summed E-state index contributed by atoms with van der Waals surface area (Å²) >= 11 is 4.71. The first-order chi connectivity index (χ1) is 12.1. The molecule has 0 aliphatic carbocycles. The third kappa shape index (κ3) is 2.75. The Bertz CT molecular complexity index is 1100. The van der Waals surface area contributed by atoms with E-state index in [2.05, 4.69) is 20.4 Å². The minimum atomic E-state index is -0.297. The fourth-order valence-electron chi connectivity index (χ4n) is 2.48. The largest absolute Gasteiger partial charge is 0.481 e. The number of hydrogen-bond acceptors (Lipinski definition) is 8. The summed E-state index contributed by atoms with van der Waals surface area (Å²) in [5.74, 6) is 0.113. The van der Waals surface area contributed by atoms with E-state index >= 15 is 0 Å². The van der Waals surface area contributed by atoms with Crippen LogP contribution in [0, 0.1) is 0 Å². The number of ether oxygens (including phenoxy) is 1. The van der Waals surface area contributed by atoms with E-state index in [-0.39, 0.29) is 5.91 Å². The summed E-state index contributed by atoms with van der Waals surface area (Å²) < 4.78 is 9.88. The Balaban J connectivity index is 1.71. The number of methoxy groups -OCH3 is 1. The Morgan fingerprint density at radius 3 is 2.68 bits per heavy atom. The maximum Gasteiger partial charge on any atom is 0.264 e. The van der Waals surface area contributed by atoms with E-state index in [1.807, 2.05) is 18.4 Å². The van der Waals surface area contributed by atoms with E-state index in [1.54, 1.807) is 30.1 Å². The van der Waals surface area contributed by atoms with Crippen LogP contribution in [0.1, 0.15) is 10.4 Å². The molecule has 3 heterocycles. The van der Waals surface area contributed by atoms with Gasteiger partial charge in [0.15, 0.2) is 9.47 Å². The SMILES string of the molecule is COc1c(C(=O)Nc2nc3ccc4nc(SC)sc4c3s2)cnn1C. The smallest absolute Gasteiger partial charge is 0.264 e. The van der Waals surface area contributed by atoms with E-state index < -0.39 is 0 Å². The van der Waals surface area contributed by atoms with Crippen molar-refractivity contribution in [1.29, 1.82) is 0 Å². The van der Waals surface area contributed by atoms with Crippen molar-refractivity contribution in [3.63, 3.8) is 0 Å². The number of nitrogens with zero attached hydrogens (tertiary/aromatic N) is 4. The van der Waals surface area contributed by atoms with Crippen LogP contribution in [0.15, 0.2) is 22.7 Å². The number of carbonyl (C=O) groups excluding carboxylic acids is 1. The number of amides is 1. The quantitative estimate of drug-likeness (QED) is 0.535. The number of benzene rings is 1.